The number of aliphatic carboxylic acids is 2. The van der Waals surface area contributed by atoms with Crippen LogP contribution in [0.2, 0.25) is 0 Å². The highest BCUT2D eigenvalue weighted by molar-refractivity contribution is 8.76. The van der Waals surface area contributed by atoms with Crippen molar-refractivity contribution in [2.75, 3.05) is 125 Å². The second kappa shape index (κ2) is 87.7. The van der Waals surface area contributed by atoms with E-state index in [0.29, 0.717) is 6.54 Å². The zero-order valence-corrected chi connectivity index (χ0v) is 65.9. The summed E-state index contributed by atoms with van der Waals surface area (Å²) >= 11 is 0. The first-order valence-electron chi connectivity index (χ1n) is 30.3. The molecule has 0 aromatic carbocycles. The van der Waals surface area contributed by atoms with Crippen LogP contribution in [0.1, 0.15) is 66.7 Å². The molecule has 0 aromatic rings. The lowest BCUT2D eigenvalue weighted by molar-refractivity contribution is -0.138. The van der Waals surface area contributed by atoms with E-state index in [9.17, 15) is 33.6 Å². The van der Waals surface area contributed by atoms with Gasteiger partial charge in [0.1, 0.15) is 0 Å². The number of amides is 7. The van der Waals surface area contributed by atoms with Gasteiger partial charge in [-0.15, -0.1) is 0 Å². The van der Waals surface area contributed by atoms with Gasteiger partial charge in [-0.1, -0.05) is 85.5 Å². The van der Waals surface area contributed by atoms with Crippen LogP contribution < -0.4 is 43.8 Å². The van der Waals surface area contributed by atoms with Crippen molar-refractivity contribution in [2.45, 2.75) is 66.7 Å². The van der Waals surface area contributed by atoms with Crippen LogP contribution in [0, 0.1) is 5.92 Å². The third-order valence-corrected chi connectivity index (χ3v) is 15.2. The summed E-state index contributed by atoms with van der Waals surface area (Å²) in [6.07, 6.45) is 3.07. The number of rotatable bonds is 37. The molecular weight excluding hydrogens is 1340 g/mol. The summed E-state index contributed by atoms with van der Waals surface area (Å²) < 4.78 is 10.6. The van der Waals surface area contributed by atoms with E-state index >= 15 is 0 Å². The van der Waals surface area contributed by atoms with Crippen LogP contribution in [0.4, 0.5) is 0 Å². The number of carbonyl (C=O) groups is 9. The van der Waals surface area contributed by atoms with E-state index in [2.05, 4.69) is 102 Å². The van der Waals surface area contributed by atoms with Crippen LogP contribution in [0.5, 0.6) is 0 Å². The number of hydrogen-bond acceptors (Lipinski definition) is 20. The molecule has 13 N–H and O–H groups in total. The van der Waals surface area contributed by atoms with Crippen LogP contribution in [-0.2, 0) is 52.6 Å². The summed E-state index contributed by atoms with van der Waals surface area (Å²) in [4.78, 5) is 99.7. The lowest BCUT2D eigenvalue weighted by atomic mass is 8.32. The highest BCUT2D eigenvalue weighted by atomic mass is 33.1. The first kappa shape index (κ1) is 122. The molecule has 1 rings (SSSR count). The monoisotopic (exact) mass is 1440 g/mol. The molecule has 1 aliphatic heterocycles. The maximum Gasteiger partial charge on any atom is 0.300 e. The molecule has 34 radical (unpaired) electrons. The first-order chi connectivity index (χ1) is 45.9. The van der Waals surface area contributed by atoms with Gasteiger partial charge < -0.3 is 63.5 Å². The molecule has 0 atom stereocenters. The molecule has 0 saturated carbocycles. The van der Waals surface area contributed by atoms with E-state index in [1.54, 1.807) is 64.8 Å². The van der Waals surface area contributed by atoms with Crippen LogP contribution in [-0.4, -0.2) is 408 Å². The molecule has 22 nitrogen and oxygen atoms in total. The third-order valence-electron chi connectivity index (χ3n) is 11.2. The second-order valence-corrected chi connectivity index (χ2v) is 27.7. The third kappa shape index (κ3) is 84.2. The second-order valence-electron chi connectivity index (χ2n) is 19.7. The van der Waals surface area contributed by atoms with Crippen molar-refractivity contribution in [3.05, 3.63) is 12.2 Å². The standard InChI is InChI=1S/C24H38N6O9.C4H10.2C2H4O2.3C2H6S2.3CH5N.B29.B/c1-25-18(31)2-3-19(32)26-9-14-38-15-10-27-20(33)4-5-21(34)28-11-16-39-17-12-29-22(35)8-13-30-23(36)6-7-24(30)37;1-4(2)3;2*1-2(3)4;3*1-3-4-2;3*1-2;1-16-24(17(2)3)28(25(18(4)5)19(6)7)29(26(20(8)9)21(10)11)27(22(12)13)23(14)15;/h6-7H,2-5,8-17H2,1H3,(H,25,31)(H,26,32)(H,27,33)(H,28,34)(H,29,35);4H,1-3H3;2*1H3,(H,3,4);3*1-2H3;3*2H2,1H3;;. The Morgan fingerprint density at radius 3 is 0.859 bits per heavy atom. The highest BCUT2D eigenvalue weighted by Gasteiger charge is 2.51. The quantitative estimate of drug-likeness (QED) is 0.0120. The van der Waals surface area contributed by atoms with Crippen LogP contribution >= 0.6 is 64.8 Å². The first-order valence-corrected chi connectivity index (χ1v) is 39.2. The Balaban J connectivity index is -0.000000124. The summed E-state index contributed by atoms with van der Waals surface area (Å²) in [6.45, 7) is 10.7. The van der Waals surface area contributed by atoms with Crippen molar-refractivity contribution < 1.29 is 62.8 Å². The summed E-state index contributed by atoms with van der Waals surface area (Å²) in [5, 5.41) is 27.8. The summed E-state index contributed by atoms with van der Waals surface area (Å²) in [7, 11) is 108. The summed E-state index contributed by atoms with van der Waals surface area (Å²) in [5.41, 5.74) is 13.5. The van der Waals surface area contributed by atoms with E-state index in [1.807, 2.05) is 0 Å². The van der Waals surface area contributed by atoms with E-state index in [4.69, 9.17) is 145 Å². The normalized spacial score (nSPS) is 9.55. The zero-order chi connectivity index (χ0) is 79.1. The molecule has 7 amide bonds. The van der Waals surface area contributed by atoms with Crippen LogP contribution in [0.15, 0.2) is 12.2 Å². The molecule has 99 heavy (non-hydrogen) atoms. The number of hydrogen-bond donors (Lipinski definition) is 10. The Morgan fingerprint density at radius 1 is 0.455 bits per heavy atom. The van der Waals surface area contributed by atoms with Gasteiger partial charge in [-0.3, -0.25) is 48.1 Å². The van der Waals surface area contributed by atoms with Crippen LogP contribution in [0.25, 0.3) is 0 Å². The number of carbonyl (C=O) groups excluding carboxylic acids is 7. The average molecular weight is 1430 g/mol. The molecular formula is C41H89B30N9O13S6. The van der Waals surface area contributed by atoms with Gasteiger partial charge in [0.15, 0.2) is 0 Å². The number of nitrogens with two attached hydrogens (primary N) is 3. The molecule has 0 bridgehead atoms. The minimum Gasteiger partial charge on any atom is -0.481 e. The largest absolute Gasteiger partial charge is 0.481 e. The van der Waals surface area contributed by atoms with E-state index < -0.39 is 107 Å². The molecule has 0 saturated heterocycles. The van der Waals surface area contributed by atoms with Crippen molar-refractivity contribution >= 4 is 333 Å². The Morgan fingerprint density at radius 2 is 0.667 bits per heavy atom. The van der Waals surface area contributed by atoms with Gasteiger partial charge in [0, 0.05) is 312 Å². The molecule has 58 heteroatoms. The number of nitrogens with one attached hydrogen (secondary N) is 5. The number of imide groups is 1. The topological polar surface area (TPSA) is 354 Å². The van der Waals surface area contributed by atoms with Gasteiger partial charge in [0.2, 0.25) is 29.5 Å². The van der Waals surface area contributed by atoms with Crippen molar-refractivity contribution in [2.24, 2.45) is 23.1 Å². The van der Waals surface area contributed by atoms with Crippen LogP contribution in [0.3, 0.4) is 0 Å². The van der Waals surface area contributed by atoms with Gasteiger partial charge in [-0.2, -0.15) is 0 Å². The molecule has 0 aromatic heterocycles. The number of ether oxygens (including phenoxy) is 2. The fraction of sp³-hybridized carbons (Fsp3) is 0.732. The fourth-order valence-electron chi connectivity index (χ4n) is 7.41. The highest BCUT2D eigenvalue weighted by Crippen LogP contribution is 2.14. The van der Waals surface area contributed by atoms with Gasteiger partial charge in [-0.25, -0.2) is 0 Å². The molecule has 1 heterocycles. The maximum absolute atomic E-state index is 11.8. The molecule has 0 spiro atoms. The summed E-state index contributed by atoms with van der Waals surface area (Å²) in [5.74, 6) is -3.06. The molecule has 0 fully saturated rings. The Kier molecular flexibility index (Phi) is 108. The smallest absolute Gasteiger partial charge is 0.300 e. The van der Waals surface area contributed by atoms with E-state index in [1.165, 1.54) is 35.3 Å². The van der Waals surface area contributed by atoms with Gasteiger partial charge in [-0.05, 0) is 64.6 Å². The van der Waals surface area contributed by atoms with Gasteiger partial charge in [0.05, 0.1) is 26.4 Å². The summed E-state index contributed by atoms with van der Waals surface area (Å²) in [6, 6.07) is 0. The Bertz CT molecular complexity index is 1900. The van der Waals surface area contributed by atoms with E-state index in [-0.39, 0.29) is 123 Å². The predicted molar refractivity (Wildman–Crippen MR) is 468 cm³/mol. The number of carboxylic acids is 2. The predicted octanol–water partition coefficient (Wildman–Crippen LogP) is -8.87. The SMILES string of the molecule is CC(=O)O.CC(=O)O.CC(C)C.CN.CN.CN.CNC(=O)CCC(=O)NCCOCCNC(=O)CCC(=O)NCCOCCNC(=O)CCN1C(=O)C=CC1=O.CSSC.CSSC.CSSC.[B].[B][B]B(B([B])[B])B(B(B([B])[B])B([B])[B])B(B(B([B])[B])B([B])[B])B(B([B])[B])B([B])[B]. The number of nitrogens with zero attached hydrogens (tertiary/aromatic N) is 1. The van der Waals surface area contributed by atoms with E-state index in [0.717, 1.165) is 36.8 Å². The maximum atomic E-state index is 11.8. The molecule has 0 unspecified atom stereocenters. The lowest BCUT2D eigenvalue weighted by Gasteiger charge is -2.49. The Hall–Kier alpha value is -0.982. The minimum absolute atomic E-state index is 0. The average Bonchev–Trinajstić information content (AvgIpc) is 1.24. The molecule has 1 aliphatic rings. The minimum atomic E-state index is -1.03. The zero-order valence-electron chi connectivity index (χ0n) is 61.0. The van der Waals surface area contributed by atoms with Crippen molar-refractivity contribution in [3.8, 4) is 0 Å². The fourth-order valence-corrected chi connectivity index (χ4v) is 7.41. The van der Waals surface area contributed by atoms with Crippen molar-refractivity contribution in [1.82, 2.24) is 31.5 Å². The van der Waals surface area contributed by atoms with Gasteiger partial charge >= 0.3 is 0 Å². The molecule has 0 aliphatic carbocycles. The van der Waals surface area contributed by atoms with Gasteiger partial charge in [0.25, 0.3) is 23.8 Å². The number of carboxylic acid groups (broad SMARTS) is 2. The lowest BCUT2D eigenvalue weighted by Crippen LogP contribution is -2.87. The molecule has 502 valence electrons. The van der Waals surface area contributed by atoms with Crippen molar-refractivity contribution in [1.29, 1.82) is 0 Å². The Labute approximate surface area is 648 Å². The van der Waals surface area contributed by atoms with Crippen molar-refractivity contribution in [3.63, 3.8) is 0 Å².